The van der Waals surface area contributed by atoms with Gasteiger partial charge in [0.25, 0.3) is 0 Å². The number of hydrogen-bond donors (Lipinski definition) is 2. The van der Waals surface area contributed by atoms with Crippen LogP contribution in [0.1, 0.15) is 6.92 Å². The molecule has 0 saturated heterocycles. The fourth-order valence-corrected chi connectivity index (χ4v) is 1.27. The van der Waals surface area contributed by atoms with Gasteiger partial charge in [0.1, 0.15) is 5.82 Å². The van der Waals surface area contributed by atoms with Crippen LogP contribution in [0.3, 0.4) is 0 Å². The smallest absolute Gasteiger partial charge is 0.149 e. The third-order valence-corrected chi connectivity index (χ3v) is 1.90. The van der Waals surface area contributed by atoms with E-state index < -0.39 is 0 Å². The highest BCUT2D eigenvalue weighted by molar-refractivity contribution is 9.10. The van der Waals surface area contributed by atoms with E-state index in [9.17, 15) is 0 Å². The summed E-state index contributed by atoms with van der Waals surface area (Å²) in [5, 5.41) is 6.23. The number of aromatic nitrogens is 1. The van der Waals surface area contributed by atoms with Crippen molar-refractivity contribution in [3.8, 4) is 0 Å². The summed E-state index contributed by atoms with van der Waals surface area (Å²) in [5.74, 6) is 0.892. The molecule has 12 heavy (non-hydrogen) atoms. The second-order valence-electron chi connectivity index (χ2n) is 2.33. The monoisotopic (exact) mass is 229 g/mol. The molecule has 0 amide bonds. The van der Waals surface area contributed by atoms with Crippen LogP contribution in [0.25, 0.3) is 0 Å². The Hall–Kier alpha value is -0.770. The van der Waals surface area contributed by atoms with Crippen LogP contribution in [0.5, 0.6) is 0 Å². The number of nitrogens with zero attached hydrogens (tertiary/aromatic N) is 1. The average Bonchev–Trinajstić information content (AvgIpc) is 2.08. The molecule has 1 aromatic heterocycles. The largest absolute Gasteiger partial charge is 0.385 e. The fourth-order valence-electron chi connectivity index (χ4n) is 0.938. The zero-order valence-corrected chi connectivity index (χ0v) is 8.77. The maximum absolute atomic E-state index is 4.22. The molecule has 4 heteroatoms. The standard InChI is InChI=1S/C8H12BrN3/c1-3-11-8-7(10-2)4-6(9)5-12-8/h4-5,10H,3H2,1-2H3,(H,11,12). The molecule has 0 aliphatic heterocycles. The highest BCUT2D eigenvalue weighted by Crippen LogP contribution is 2.22. The predicted octanol–water partition coefficient (Wildman–Crippen LogP) is 2.32. The average molecular weight is 230 g/mol. The Bertz CT molecular complexity index is 262. The summed E-state index contributed by atoms with van der Waals surface area (Å²) in [5.41, 5.74) is 1.01. The van der Waals surface area contributed by atoms with Crippen molar-refractivity contribution in [1.82, 2.24) is 4.98 Å². The zero-order chi connectivity index (χ0) is 8.97. The van der Waals surface area contributed by atoms with E-state index in [1.165, 1.54) is 0 Å². The molecule has 0 saturated carbocycles. The normalized spacial score (nSPS) is 9.58. The predicted molar refractivity (Wildman–Crippen MR) is 55.6 cm³/mol. The summed E-state index contributed by atoms with van der Waals surface area (Å²) >= 11 is 3.36. The van der Waals surface area contributed by atoms with Gasteiger partial charge in [-0.15, -0.1) is 0 Å². The molecule has 0 aliphatic rings. The molecule has 0 fully saturated rings. The van der Waals surface area contributed by atoms with Crippen LogP contribution in [0.2, 0.25) is 0 Å². The highest BCUT2D eigenvalue weighted by Gasteiger charge is 2.00. The SMILES string of the molecule is CCNc1ncc(Br)cc1NC. The number of pyridine rings is 1. The number of halogens is 1. The molecule has 2 N–H and O–H groups in total. The maximum atomic E-state index is 4.22. The van der Waals surface area contributed by atoms with Crippen molar-refractivity contribution >= 4 is 27.4 Å². The number of hydrogen-bond acceptors (Lipinski definition) is 3. The van der Waals surface area contributed by atoms with Gasteiger partial charge in [-0.05, 0) is 28.9 Å². The van der Waals surface area contributed by atoms with Crippen LogP contribution in [-0.4, -0.2) is 18.6 Å². The van der Waals surface area contributed by atoms with Gasteiger partial charge < -0.3 is 10.6 Å². The summed E-state index contributed by atoms with van der Waals surface area (Å²) in [6.07, 6.45) is 1.78. The van der Waals surface area contributed by atoms with E-state index in [-0.39, 0.29) is 0 Å². The van der Waals surface area contributed by atoms with Gasteiger partial charge in [0, 0.05) is 24.3 Å². The van der Waals surface area contributed by atoms with Crippen LogP contribution in [0, 0.1) is 0 Å². The molecule has 1 heterocycles. The zero-order valence-electron chi connectivity index (χ0n) is 7.19. The van der Waals surface area contributed by atoms with Crippen molar-refractivity contribution in [2.45, 2.75) is 6.92 Å². The van der Waals surface area contributed by atoms with Gasteiger partial charge in [-0.1, -0.05) is 0 Å². The first-order valence-corrected chi connectivity index (χ1v) is 4.64. The van der Waals surface area contributed by atoms with Crippen LogP contribution >= 0.6 is 15.9 Å². The molecule has 0 spiro atoms. The van der Waals surface area contributed by atoms with Gasteiger partial charge >= 0.3 is 0 Å². The lowest BCUT2D eigenvalue weighted by molar-refractivity contribution is 1.15. The second-order valence-corrected chi connectivity index (χ2v) is 3.25. The summed E-state index contributed by atoms with van der Waals surface area (Å²) < 4.78 is 0.980. The molecule has 0 aromatic carbocycles. The maximum Gasteiger partial charge on any atom is 0.149 e. The molecular formula is C8H12BrN3. The minimum atomic E-state index is 0.878. The van der Waals surface area contributed by atoms with Crippen molar-refractivity contribution in [2.75, 3.05) is 24.2 Å². The second kappa shape index (κ2) is 4.30. The van der Waals surface area contributed by atoms with Gasteiger partial charge in [-0.3, -0.25) is 0 Å². The quantitative estimate of drug-likeness (QED) is 0.836. The molecule has 1 rings (SSSR count). The van der Waals surface area contributed by atoms with Crippen LogP contribution in [-0.2, 0) is 0 Å². The van der Waals surface area contributed by atoms with E-state index in [1.54, 1.807) is 6.20 Å². The Kier molecular flexibility index (Phi) is 3.34. The third-order valence-electron chi connectivity index (χ3n) is 1.47. The third kappa shape index (κ3) is 2.11. The number of rotatable bonds is 3. The van der Waals surface area contributed by atoms with Crippen molar-refractivity contribution in [1.29, 1.82) is 0 Å². The molecule has 0 aliphatic carbocycles. The Morgan fingerprint density at radius 3 is 2.92 bits per heavy atom. The van der Waals surface area contributed by atoms with E-state index in [4.69, 9.17) is 0 Å². The van der Waals surface area contributed by atoms with Crippen molar-refractivity contribution in [3.63, 3.8) is 0 Å². The van der Waals surface area contributed by atoms with Gasteiger partial charge in [0.2, 0.25) is 0 Å². The van der Waals surface area contributed by atoms with Crippen LogP contribution < -0.4 is 10.6 Å². The van der Waals surface area contributed by atoms with Gasteiger partial charge in [0.05, 0.1) is 5.69 Å². The number of nitrogens with one attached hydrogen (secondary N) is 2. The molecule has 0 unspecified atom stereocenters. The van der Waals surface area contributed by atoms with E-state index in [0.717, 1.165) is 22.5 Å². The molecule has 3 nitrogen and oxygen atoms in total. The summed E-state index contributed by atoms with van der Waals surface area (Å²) in [6.45, 7) is 2.92. The Labute approximate surface area is 80.7 Å². The van der Waals surface area contributed by atoms with Crippen LogP contribution in [0.15, 0.2) is 16.7 Å². The van der Waals surface area contributed by atoms with Gasteiger partial charge in [-0.25, -0.2) is 4.98 Å². The minimum Gasteiger partial charge on any atom is -0.385 e. The van der Waals surface area contributed by atoms with E-state index in [2.05, 4.69) is 31.5 Å². The lowest BCUT2D eigenvalue weighted by atomic mass is 10.4. The lowest BCUT2D eigenvalue weighted by Gasteiger charge is -2.08. The Balaban J connectivity index is 2.94. The molecular weight excluding hydrogens is 218 g/mol. The Morgan fingerprint density at radius 1 is 1.58 bits per heavy atom. The number of anilines is 2. The van der Waals surface area contributed by atoms with Crippen LogP contribution in [0.4, 0.5) is 11.5 Å². The van der Waals surface area contributed by atoms with Crippen molar-refractivity contribution in [2.24, 2.45) is 0 Å². The first kappa shape index (κ1) is 9.32. The first-order chi connectivity index (χ1) is 5.77. The van der Waals surface area contributed by atoms with E-state index >= 15 is 0 Å². The fraction of sp³-hybridized carbons (Fsp3) is 0.375. The molecule has 0 atom stereocenters. The minimum absolute atomic E-state index is 0.878. The summed E-state index contributed by atoms with van der Waals surface area (Å²) in [7, 11) is 1.88. The van der Waals surface area contributed by atoms with Crippen molar-refractivity contribution in [3.05, 3.63) is 16.7 Å². The molecule has 0 radical (unpaired) electrons. The topological polar surface area (TPSA) is 37.0 Å². The summed E-state index contributed by atoms with van der Waals surface area (Å²) in [4.78, 5) is 4.22. The highest BCUT2D eigenvalue weighted by atomic mass is 79.9. The summed E-state index contributed by atoms with van der Waals surface area (Å²) in [6, 6.07) is 1.99. The Morgan fingerprint density at radius 2 is 2.33 bits per heavy atom. The molecule has 1 aromatic rings. The van der Waals surface area contributed by atoms with E-state index in [1.807, 2.05) is 20.0 Å². The van der Waals surface area contributed by atoms with Crippen molar-refractivity contribution < 1.29 is 0 Å². The van der Waals surface area contributed by atoms with Gasteiger partial charge in [0.15, 0.2) is 0 Å². The molecule has 0 bridgehead atoms. The molecule has 66 valence electrons. The first-order valence-electron chi connectivity index (χ1n) is 3.85. The van der Waals surface area contributed by atoms with Gasteiger partial charge in [-0.2, -0.15) is 0 Å². The lowest BCUT2D eigenvalue weighted by Crippen LogP contribution is -2.03. The van der Waals surface area contributed by atoms with E-state index in [0.29, 0.717) is 0 Å².